The van der Waals surface area contributed by atoms with Crippen LogP contribution in [0.1, 0.15) is 28.4 Å². The largest absolute Gasteiger partial charge is 0.449 e. The van der Waals surface area contributed by atoms with E-state index in [1.807, 2.05) is 0 Å². The van der Waals surface area contributed by atoms with Crippen molar-refractivity contribution in [3.05, 3.63) is 34.9 Å². The number of carbonyl (C=O) groups is 1. The summed E-state index contributed by atoms with van der Waals surface area (Å²) in [6.07, 6.45) is -6.35. The van der Waals surface area contributed by atoms with Crippen LogP contribution in [0.2, 0.25) is 0 Å². The lowest BCUT2D eigenvalue weighted by Gasteiger charge is -2.40. The summed E-state index contributed by atoms with van der Waals surface area (Å²) < 4.78 is 46.1. The monoisotopic (exact) mass is 474 g/mol. The van der Waals surface area contributed by atoms with Crippen molar-refractivity contribution in [2.45, 2.75) is 55.7 Å². The molecule has 5 atom stereocenters. The number of nitrogens with two attached hydrogens (primary N) is 2. The summed E-state index contributed by atoms with van der Waals surface area (Å²) in [5.74, 6) is -4.11. The summed E-state index contributed by atoms with van der Waals surface area (Å²) in [4.78, 5) is 15.7. The van der Waals surface area contributed by atoms with Gasteiger partial charge in [0.2, 0.25) is 0 Å². The van der Waals surface area contributed by atoms with Crippen LogP contribution in [-0.2, 0) is 10.9 Å². The first-order valence-corrected chi connectivity index (χ1v) is 10.1. The molecule has 4 rings (SSSR count). The van der Waals surface area contributed by atoms with Gasteiger partial charge in [0.25, 0.3) is 5.79 Å². The highest BCUT2D eigenvalue weighted by Crippen LogP contribution is 2.42. The van der Waals surface area contributed by atoms with Crippen LogP contribution in [0.15, 0.2) is 18.2 Å². The van der Waals surface area contributed by atoms with Gasteiger partial charge >= 0.3 is 29.7 Å². The van der Waals surface area contributed by atoms with E-state index in [0.717, 1.165) is 12.1 Å². The molecule has 1 spiro atoms. The minimum atomic E-state index is -4.69. The van der Waals surface area contributed by atoms with Crippen LogP contribution in [0, 0.1) is 6.92 Å². The number of aliphatic hydroxyl groups excluding tert-OH is 1. The van der Waals surface area contributed by atoms with E-state index in [1.54, 1.807) is 0 Å². The van der Waals surface area contributed by atoms with Crippen LogP contribution in [0.5, 0.6) is 0 Å². The molecule has 14 heteroatoms. The van der Waals surface area contributed by atoms with E-state index in [-0.39, 0.29) is 23.0 Å². The Morgan fingerprint density at radius 3 is 2.61 bits per heavy atom. The Balaban J connectivity index is 1.75. The first-order chi connectivity index (χ1) is 15.3. The predicted molar refractivity (Wildman–Crippen MR) is 105 cm³/mol. The van der Waals surface area contributed by atoms with E-state index in [4.69, 9.17) is 16.2 Å². The second-order valence-electron chi connectivity index (χ2n) is 8.44. The summed E-state index contributed by atoms with van der Waals surface area (Å²) in [5, 5.41) is 37.9. The van der Waals surface area contributed by atoms with Gasteiger partial charge in [0.1, 0.15) is 12.1 Å². The number of nitrogens with zero attached hydrogens (tertiary/aromatic N) is 1. The lowest BCUT2D eigenvalue weighted by atomic mass is 9.86. The number of hydrogen-bond acceptors (Lipinski definition) is 9. The van der Waals surface area contributed by atoms with E-state index in [0.29, 0.717) is 6.07 Å². The fourth-order valence-corrected chi connectivity index (χ4v) is 4.98. The van der Waals surface area contributed by atoms with Crippen molar-refractivity contribution >= 4 is 17.9 Å². The highest BCUT2D eigenvalue weighted by Gasteiger charge is 2.81. The molecule has 180 valence electrons. The van der Waals surface area contributed by atoms with Gasteiger partial charge < -0.3 is 20.1 Å². The zero-order chi connectivity index (χ0) is 24.5. The molecule has 0 radical (unpaired) electrons. The smallest absolute Gasteiger partial charge is 0.416 e. The topological polar surface area (TPSA) is 180 Å². The number of halogens is 3. The standard InChI is InChI=1S/C19H23F3N6O5/c1-7-3-4-9(19(20,21)22)5-10(7)14(30)33-13-8(2)28-16(24)25-11(6-29)12-17(28,18(13,31)32)27-15(23)26-12/h3-5,8,11-13,29,31-32H,6H2,1-2H3,(H5,23,24,25,26,27)/p+2/t8-,11-,12-,13-,17-/m0/s1. The van der Waals surface area contributed by atoms with Crippen molar-refractivity contribution in [2.24, 2.45) is 11.5 Å². The van der Waals surface area contributed by atoms with E-state index < -0.39 is 60.0 Å². The number of hydrogen-bond donors (Lipinski definition) is 8. The summed E-state index contributed by atoms with van der Waals surface area (Å²) >= 11 is 0. The first-order valence-electron chi connectivity index (χ1n) is 10.1. The molecule has 1 fully saturated rings. The van der Waals surface area contributed by atoms with Gasteiger partial charge in [-0.15, -0.1) is 0 Å². The molecule has 1 aromatic carbocycles. The van der Waals surface area contributed by atoms with E-state index in [1.165, 1.54) is 18.4 Å². The van der Waals surface area contributed by atoms with Gasteiger partial charge in [0.05, 0.1) is 17.7 Å². The quantitative estimate of drug-likeness (QED) is 0.123. The average molecular weight is 474 g/mol. The van der Waals surface area contributed by atoms with E-state index >= 15 is 0 Å². The average Bonchev–Trinajstić information content (AvgIpc) is 3.14. The number of esters is 1. The second-order valence-corrected chi connectivity index (χ2v) is 8.44. The van der Waals surface area contributed by atoms with Crippen molar-refractivity contribution in [1.82, 2.24) is 10.6 Å². The Morgan fingerprint density at radius 2 is 2.00 bits per heavy atom. The zero-order valence-corrected chi connectivity index (χ0v) is 17.6. The zero-order valence-electron chi connectivity index (χ0n) is 17.6. The molecule has 1 saturated heterocycles. The molecular formula is C19H25F3N6O5+2. The SMILES string of the molecule is Cc1ccc(C(F)(F)F)cc1C(=O)O[C@H]1[C@H](C)[N+]2=C(N)N[C@@H](CO)[C@@H]3[NH+]=C(N)N[C@@]32C1(O)O. The molecule has 33 heavy (non-hydrogen) atoms. The van der Waals surface area contributed by atoms with Gasteiger partial charge in [-0.05, 0) is 31.5 Å². The number of alkyl halides is 3. The van der Waals surface area contributed by atoms with Crippen molar-refractivity contribution in [1.29, 1.82) is 0 Å². The third kappa shape index (κ3) is 3.12. The van der Waals surface area contributed by atoms with Gasteiger partial charge in [-0.1, -0.05) is 6.07 Å². The van der Waals surface area contributed by atoms with Crippen LogP contribution in [0.25, 0.3) is 0 Å². The molecule has 10 N–H and O–H groups in total. The van der Waals surface area contributed by atoms with Gasteiger partial charge in [-0.25, -0.2) is 14.7 Å². The van der Waals surface area contributed by atoms with Gasteiger partial charge in [-0.2, -0.15) is 13.2 Å². The summed E-state index contributed by atoms with van der Waals surface area (Å²) in [5.41, 5.74) is 8.89. The molecule has 0 bridgehead atoms. The fraction of sp³-hybridized carbons (Fsp3) is 0.526. The number of aryl methyl sites for hydroxylation is 1. The van der Waals surface area contributed by atoms with Crippen molar-refractivity contribution in [2.75, 3.05) is 6.61 Å². The Labute approximate surface area is 185 Å². The third-order valence-electron chi connectivity index (χ3n) is 6.48. The minimum Gasteiger partial charge on any atom is -0.449 e. The van der Waals surface area contributed by atoms with Crippen molar-refractivity contribution in [3.8, 4) is 0 Å². The molecule has 0 unspecified atom stereocenters. The molecule has 0 saturated carbocycles. The molecule has 1 aromatic rings. The summed E-state index contributed by atoms with van der Waals surface area (Å²) in [6.45, 7) is 2.47. The van der Waals surface area contributed by atoms with Crippen molar-refractivity contribution in [3.63, 3.8) is 0 Å². The van der Waals surface area contributed by atoms with Crippen LogP contribution < -0.4 is 27.1 Å². The molecule has 11 nitrogen and oxygen atoms in total. The van der Waals surface area contributed by atoms with Gasteiger partial charge in [0.15, 0.2) is 12.1 Å². The summed E-state index contributed by atoms with van der Waals surface area (Å²) in [6, 6.07) is -0.107. The molecule has 0 aliphatic carbocycles. The van der Waals surface area contributed by atoms with Crippen LogP contribution in [-0.4, -0.2) is 80.1 Å². The Bertz CT molecular complexity index is 1070. The Hall–Kier alpha value is -3.10. The normalized spacial score (nSPS) is 32.4. The van der Waals surface area contributed by atoms with Gasteiger partial charge in [-0.3, -0.25) is 21.8 Å². The van der Waals surface area contributed by atoms with Crippen molar-refractivity contribution < 1.29 is 47.6 Å². The van der Waals surface area contributed by atoms with Crippen LogP contribution >= 0.6 is 0 Å². The summed E-state index contributed by atoms with van der Waals surface area (Å²) in [7, 11) is 0. The molecule has 3 aliphatic heterocycles. The molecule has 3 heterocycles. The maximum atomic E-state index is 13.1. The number of nitrogens with one attached hydrogen (secondary N) is 3. The number of rotatable bonds is 3. The number of carbonyl (C=O) groups excluding carboxylic acids is 1. The lowest BCUT2D eigenvalue weighted by Crippen LogP contribution is -2.92. The van der Waals surface area contributed by atoms with E-state index in [2.05, 4.69) is 15.6 Å². The van der Waals surface area contributed by atoms with Gasteiger partial charge in [0, 0.05) is 0 Å². The highest BCUT2D eigenvalue weighted by molar-refractivity contribution is 5.91. The maximum absolute atomic E-state index is 13.1. The molecular weight excluding hydrogens is 449 g/mol. The number of guanidine groups is 2. The maximum Gasteiger partial charge on any atom is 0.416 e. The van der Waals surface area contributed by atoms with E-state index in [9.17, 15) is 33.3 Å². The second kappa shape index (κ2) is 7.20. The number of aliphatic hydroxyl groups is 3. The predicted octanol–water partition coefficient (Wildman–Crippen LogP) is -4.02. The molecule has 0 aromatic heterocycles. The number of benzene rings is 1. The lowest BCUT2D eigenvalue weighted by molar-refractivity contribution is -0.690. The Kier molecular flexibility index (Phi) is 5.03. The number of ether oxygens (including phenoxy) is 1. The highest BCUT2D eigenvalue weighted by atomic mass is 19.4. The molecule has 3 aliphatic rings. The molecule has 0 amide bonds. The third-order valence-corrected chi connectivity index (χ3v) is 6.48. The minimum absolute atomic E-state index is 0.0414. The fourth-order valence-electron chi connectivity index (χ4n) is 4.98. The first kappa shape index (κ1) is 23.1. The van der Waals surface area contributed by atoms with Crippen LogP contribution in [0.3, 0.4) is 0 Å². The van der Waals surface area contributed by atoms with Crippen LogP contribution in [0.4, 0.5) is 13.2 Å². The Morgan fingerprint density at radius 1 is 1.33 bits per heavy atom.